The Morgan fingerprint density at radius 3 is 1.65 bits per heavy atom. The van der Waals surface area contributed by atoms with Crippen molar-refractivity contribution in [3.63, 3.8) is 0 Å². The van der Waals surface area contributed by atoms with Crippen LogP contribution < -0.4 is 29.6 Å². The van der Waals surface area contributed by atoms with Gasteiger partial charge in [-0.3, -0.25) is 4.18 Å². The van der Waals surface area contributed by atoms with Crippen LogP contribution in [-0.4, -0.2) is 64.4 Å². The number of rotatable bonds is 18. The maximum atomic E-state index is 10.4. The van der Waals surface area contributed by atoms with E-state index in [1.165, 1.54) is 64.2 Å². The fourth-order valence-corrected chi connectivity index (χ4v) is 4.69. The Labute approximate surface area is 249 Å². The summed E-state index contributed by atoms with van der Waals surface area (Å²) in [6.07, 6.45) is 17.6. The molecule has 1 aliphatic rings. The van der Waals surface area contributed by atoms with Crippen molar-refractivity contribution in [3.8, 4) is 0 Å². The molecular weight excluding hydrogens is 531 g/mol. The van der Waals surface area contributed by atoms with Crippen LogP contribution in [0, 0.1) is 10.8 Å². The molecule has 1 fully saturated rings. The van der Waals surface area contributed by atoms with Gasteiger partial charge in [-0.1, -0.05) is 78.1 Å². The Bertz CT molecular complexity index is 645. The zero-order chi connectivity index (χ0) is 28.0. The molecule has 0 atom stereocenters. The average molecular weight is 583 g/mol. The second-order valence-electron chi connectivity index (χ2n) is 8.63. The topological polar surface area (TPSA) is 178 Å². The van der Waals surface area contributed by atoms with Gasteiger partial charge in [-0.05, 0) is 38.5 Å². The molecule has 0 radical (unpaired) electrons. The van der Waals surface area contributed by atoms with Crippen molar-refractivity contribution in [2.24, 2.45) is 0 Å². The van der Waals surface area contributed by atoms with Crippen molar-refractivity contribution in [1.29, 1.82) is 10.8 Å². The first kappa shape index (κ1) is 44.2. The van der Waals surface area contributed by atoms with Crippen molar-refractivity contribution in [2.45, 2.75) is 117 Å². The number of unbranched alkanes of at least 4 members (excludes halogenated alkanes) is 11. The maximum absolute atomic E-state index is 10.4. The van der Waals surface area contributed by atoms with Gasteiger partial charge in [0.2, 0.25) is 0 Å². The summed E-state index contributed by atoms with van der Waals surface area (Å²) in [5.41, 5.74) is 0. The van der Waals surface area contributed by atoms with E-state index in [4.69, 9.17) is 20.6 Å². The van der Waals surface area contributed by atoms with Crippen LogP contribution in [0.25, 0.3) is 0 Å². The predicted molar refractivity (Wildman–Crippen MR) is 141 cm³/mol. The van der Waals surface area contributed by atoms with E-state index < -0.39 is 20.2 Å². The third kappa shape index (κ3) is 46.4. The number of nitrogens with zero attached hydrogens (tertiary/aromatic N) is 2. The molecule has 10 nitrogen and oxygen atoms in total. The van der Waals surface area contributed by atoms with Crippen LogP contribution in [0.1, 0.15) is 117 Å². The fourth-order valence-electron chi connectivity index (χ4n) is 3.09. The van der Waals surface area contributed by atoms with E-state index in [1.807, 2.05) is 0 Å². The van der Waals surface area contributed by atoms with Gasteiger partial charge < -0.3 is 14.4 Å². The minimum absolute atomic E-state index is 0. The molecule has 0 amide bonds. The Morgan fingerprint density at radius 2 is 1.27 bits per heavy atom. The Kier molecular flexibility index (Phi) is 40.8. The van der Waals surface area contributed by atoms with Gasteiger partial charge in [0, 0.05) is 36.4 Å². The van der Waals surface area contributed by atoms with Crippen LogP contribution in [-0.2, 0) is 29.2 Å². The first-order valence-corrected chi connectivity index (χ1v) is 16.5. The Hall–Kier alpha value is 0.160. The number of hydrogen-bond acceptors (Lipinski definition) is 10. The van der Waals surface area contributed by atoms with E-state index >= 15 is 0 Å². The molecule has 0 aromatic heterocycles. The molecule has 1 saturated heterocycles. The normalized spacial score (nSPS) is 13.9. The van der Waals surface area contributed by atoms with E-state index in [-0.39, 0.29) is 41.1 Å². The van der Waals surface area contributed by atoms with Crippen molar-refractivity contribution in [2.75, 3.05) is 37.9 Å². The van der Waals surface area contributed by atoms with Crippen molar-refractivity contribution in [1.82, 2.24) is 0 Å². The summed E-state index contributed by atoms with van der Waals surface area (Å²) in [5, 5.41) is 20.4. The largest absolute Gasteiger partial charge is 1.00 e. The quantitative estimate of drug-likeness (QED) is 0.0828. The molecule has 1 heterocycles. The monoisotopic (exact) mass is 582 g/mol. The van der Waals surface area contributed by atoms with Crippen molar-refractivity contribution < 1.29 is 65.0 Å². The molecule has 1 rings (SSSR count). The minimum atomic E-state index is -4.04. The van der Waals surface area contributed by atoms with E-state index in [0.717, 1.165) is 32.3 Å². The van der Waals surface area contributed by atoms with Gasteiger partial charge in [0.15, 0.2) is 0 Å². The zero-order valence-electron chi connectivity index (χ0n) is 23.6. The molecule has 0 spiro atoms. The molecule has 13 heteroatoms. The average Bonchev–Trinajstić information content (AvgIpc) is 2.84. The number of hydrogen-bond donors (Lipinski definition) is 1. The van der Waals surface area contributed by atoms with Gasteiger partial charge >= 0.3 is 29.6 Å². The first-order valence-electron chi connectivity index (χ1n) is 13.4. The van der Waals surface area contributed by atoms with Crippen LogP contribution in [0.5, 0.6) is 0 Å². The van der Waals surface area contributed by atoms with Crippen LogP contribution in [0.2, 0.25) is 0 Å². The zero-order valence-corrected chi connectivity index (χ0v) is 27.2. The molecule has 0 unspecified atom stereocenters. The molecule has 0 aromatic rings. The summed E-state index contributed by atoms with van der Waals surface area (Å²) in [5.74, 6) is -0.0691. The third-order valence-corrected chi connectivity index (χ3v) is 7.24. The molecule has 37 heavy (non-hydrogen) atoms. The standard InChI is InChI=1S/C12H26O4S.C8H18O.C4H8O3S.N2.Na/c1-2-3-4-5-6-7-10-16-11-8-9-12-17(13,14)15;1-2-3-4-5-6-7-8-9;5-8(6)4-2-1-3-7-8;1-2;/h2-12H2,1H3,(H,13,14,15);9H,2-8H2,1H3;1-4H2;;/q;;;;+1/p-1. The van der Waals surface area contributed by atoms with E-state index in [2.05, 4.69) is 18.0 Å². The summed E-state index contributed by atoms with van der Waals surface area (Å²) in [6, 6.07) is 0. The molecule has 0 saturated carbocycles. The van der Waals surface area contributed by atoms with E-state index in [0.29, 0.717) is 32.7 Å². The SMILES string of the molecule is CCCCCCCCO.CCCCCCCCOCCCCS(=O)(=O)[O-].N#N.O=S1(=O)CCCCO1.[Na+]. The van der Waals surface area contributed by atoms with Crippen molar-refractivity contribution in [3.05, 3.63) is 0 Å². The number of aliphatic hydroxyl groups is 1. The van der Waals surface area contributed by atoms with Gasteiger partial charge in [-0.15, -0.1) is 0 Å². The Balaban J connectivity index is -0.000000229. The number of aliphatic hydroxyl groups excluding tert-OH is 1. The van der Waals surface area contributed by atoms with Crippen LogP contribution >= 0.6 is 0 Å². The van der Waals surface area contributed by atoms with Gasteiger partial charge in [-0.2, -0.15) is 8.42 Å². The maximum Gasteiger partial charge on any atom is 1.00 e. The summed E-state index contributed by atoms with van der Waals surface area (Å²) in [6.45, 7) is 6.46. The molecule has 1 aliphatic heterocycles. The van der Waals surface area contributed by atoms with Gasteiger partial charge in [0.05, 0.1) is 22.5 Å². The minimum Gasteiger partial charge on any atom is -0.748 e. The second kappa shape index (κ2) is 34.2. The van der Waals surface area contributed by atoms with Crippen LogP contribution in [0.3, 0.4) is 0 Å². The second-order valence-corrected chi connectivity index (χ2v) is 11.9. The van der Waals surface area contributed by atoms with E-state index in [1.54, 1.807) is 0 Å². The van der Waals surface area contributed by atoms with Crippen molar-refractivity contribution >= 4 is 20.2 Å². The van der Waals surface area contributed by atoms with Crippen LogP contribution in [0.4, 0.5) is 0 Å². The summed E-state index contributed by atoms with van der Waals surface area (Å²) in [7, 11) is -7.12. The summed E-state index contributed by atoms with van der Waals surface area (Å²) >= 11 is 0. The Morgan fingerprint density at radius 1 is 0.811 bits per heavy atom. The molecular formula is C24H51N2NaO8S2. The smallest absolute Gasteiger partial charge is 0.748 e. The summed E-state index contributed by atoms with van der Waals surface area (Å²) in [4.78, 5) is 0. The number of ether oxygens (including phenoxy) is 1. The molecule has 1 N–H and O–H groups in total. The van der Waals surface area contributed by atoms with Crippen LogP contribution in [0.15, 0.2) is 0 Å². The third-order valence-electron chi connectivity index (χ3n) is 5.14. The van der Waals surface area contributed by atoms with E-state index in [9.17, 15) is 21.4 Å². The van der Waals surface area contributed by atoms with Gasteiger partial charge in [0.1, 0.15) is 0 Å². The van der Waals surface area contributed by atoms with Gasteiger partial charge in [0.25, 0.3) is 10.1 Å². The molecule has 0 bridgehead atoms. The molecule has 218 valence electrons. The first-order chi connectivity index (χ1) is 17.2. The molecule has 0 aromatic carbocycles. The summed E-state index contributed by atoms with van der Waals surface area (Å²) < 4.78 is 61.5. The predicted octanol–water partition coefficient (Wildman–Crippen LogP) is 2.19. The fraction of sp³-hybridized carbons (Fsp3) is 1.00. The van der Waals surface area contributed by atoms with Gasteiger partial charge in [-0.25, -0.2) is 8.42 Å². The molecule has 0 aliphatic carbocycles.